The Bertz CT molecular complexity index is 411. The summed E-state index contributed by atoms with van der Waals surface area (Å²) in [5.74, 6) is 0.175. The molecule has 0 saturated carbocycles. The van der Waals surface area contributed by atoms with Gasteiger partial charge in [0.2, 0.25) is 0 Å². The summed E-state index contributed by atoms with van der Waals surface area (Å²) < 4.78 is 0. The lowest BCUT2D eigenvalue weighted by Gasteiger charge is -1.98. The highest BCUT2D eigenvalue weighted by molar-refractivity contribution is 6.32. The van der Waals surface area contributed by atoms with E-state index in [-0.39, 0.29) is 5.75 Å². The molecule has 15 heavy (non-hydrogen) atoms. The van der Waals surface area contributed by atoms with E-state index in [1.807, 2.05) is 6.08 Å². The van der Waals surface area contributed by atoms with Crippen LogP contribution in [0.5, 0.6) is 5.75 Å². The summed E-state index contributed by atoms with van der Waals surface area (Å²) in [6.45, 7) is 0.420. The molecule has 0 heterocycles. The predicted molar refractivity (Wildman–Crippen MR) is 60.8 cm³/mol. The quantitative estimate of drug-likeness (QED) is 0.359. The molecule has 0 amide bonds. The smallest absolute Gasteiger partial charge is 0.116 e. The number of nitrogens with zero attached hydrogens (tertiary/aromatic N) is 3. The molecule has 0 unspecified atom stereocenters. The highest BCUT2D eigenvalue weighted by Crippen LogP contribution is 2.22. The van der Waals surface area contributed by atoms with E-state index < -0.39 is 0 Å². The minimum absolute atomic E-state index is 0.175. The van der Waals surface area contributed by atoms with E-state index in [0.29, 0.717) is 18.0 Å². The van der Waals surface area contributed by atoms with Crippen LogP contribution in [0.25, 0.3) is 16.5 Å². The minimum atomic E-state index is 0.175. The summed E-state index contributed by atoms with van der Waals surface area (Å²) in [5, 5.41) is 13.2. The molecule has 1 aromatic carbocycles. The van der Waals surface area contributed by atoms with Crippen LogP contribution < -0.4 is 0 Å². The van der Waals surface area contributed by atoms with Crippen molar-refractivity contribution in [3.8, 4) is 5.75 Å². The highest BCUT2D eigenvalue weighted by Gasteiger charge is 1.96. The summed E-state index contributed by atoms with van der Waals surface area (Å²) in [5.41, 5.74) is 8.79. The van der Waals surface area contributed by atoms with Crippen molar-refractivity contribution in [1.29, 1.82) is 0 Å². The average molecular weight is 224 g/mol. The van der Waals surface area contributed by atoms with E-state index in [1.54, 1.807) is 18.2 Å². The zero-order valence-electron chi connectivity index (χ0n) is 7.97. The minimum Gasteiger partial charge on any atom is -0.508 e. The molecule has 1 rings (SSSR count). The van der Waals surface area contributed by atoms with Crippen molar-refractivity contribution in [2.24, 2.45) is 5.11 Å². The Morgan fingerprint density at radius 1 is 1.53 bits per heavy atom. The van der Waals surface area contributed by atoms with Crippen molar-refractivity contribution in [2.75, 3.05) is 6.54 Å². The van der Waals surface area contributed by atoms with E-state index >= 15 is 0 Å². The second-order valence-electron chi connectivity index (χ2n) is 2.85. The molecule has 0 spiro atoms. The van der Waals surface area contributed by atoms with Gasteiger partial charge in [-0.2, -0.15) is 0 Å². The molecule has 78 valence electrons. The number of phenols is 1. The maximum atomic E-state index is 9.22. The second kappa shape index (κ2) is 5.96. The molecule has 0 bridgehead atoms. The third-order valence-electron chi connectivity index (χ3n) is 1.74. The molecule has 1 N–H and O–H groups in total. The van der Waals surface area contributed by atoms with Crippen LogP contribution in [0.3, 0.4) is 0 Å². The lowest BCUT2D eigenvalue weighted by molar-refractivity contribution is 0.475. The van der Waals surface area contributed by atoms with Crippen LogP contribution in [0.15, 0.2) is 29.4 Å². The summed E-state index contributed by atoms with van der Waals surface area (Å²) in [4.78, 5) is 2.64. The van der Waals surface area contributed by atoms with Gasteiger partial charge >= 0.3 is 0 Å². The summed E-state index contributed by atoms with van der Waals surface area (Å²) in [6.07, 6.45) is 4.28. The monoisotopic (exact) mass is 223 g/mol. The van der Waals surface area contributed by atoms with E-state index in [9.17, 15) is 5.11 Å². The topological polar surface area (TPSA) is 69.0 Å². The molecule has 1 aromatic rings. The maximum Gasteiger partial charge on any atom is 0.116 e. The fourth-order valence-electron chi connectivity index (χ4n) is 1.05. The third-order valence-corrected chi connectivity index (χ3v) is 2.08. The molecule has 4 nitrogen and oxygen atoms in total. The molecule has 0 aliphatic carbocycles. The largest absolute Gasteiger partial charge is 0.508 e. The van der Waals surface area contributed by atoms with E-state index in [4.69, 9.17) is 17.1 Å². The molecule has 0 aliphatic rings. The van der Waals surface area contributed by atoms with E-state index in [1.165, 1.54) is 6.07 Å². The van der Waals surface area contributed by atoms with Crippen molar-refractivity contribution in [3.63, 3.8) is 0 Å². The molecule has 0 radical (unpaired) electrons. The van der Waals surface area contributed by atoms with Crippen LogP contribution in [-0.4, -0.2) is 11.7 Å². The summed E-state index contributed by atoms with van der Waals surface area (Å²) >= 11 is 5.89. The van der Waals surface area contributed by atoms with Gasteiger partial charge in [-0.1, -0.05) is 28.9 Å². The van der Waals surface area contributed by atoms with Gasteiger partial charge in [0.1, 0.15) is 5.75 Å². The molecular formula is C10H10ClN3O. The average Bonchev–Trinajstić information content (AvgIpc) is 2.23. The van der Waals surface area contributed by atoms with Crippen LogP contribution in [-0.2, 0) is 0 Å². The first-order valence-corrected chi connectivity index (χ1v) is 4.78. The van der Waals surface area contributed by atoms with Crippen molar-refractivity contribution in [1.82, 2.24) is 0 Å². The van der Waals surface area contributed by atoms with Gasteiger partial charge in [-0.3, -0.25) is 0 Å². The lowest BCUT2D eigenvalue weighted by Crippen LogP contribution is -1.76. The number of halogens is 1. The van der Waals surface area contributed by atoms with Crippen molar-refractivity contribution >= 4 is 17.7 Å². The van der Waals surface area contributed by atoms with Crippen LogP contribution in [0.2, 0.25) is 5.02 Å². The summed E-state index contributed by atoms with van der Waals surface area (Å²) in [6, 6.07) is 4.73. The number of benzene rings is 1. The van der Waals surface area contributed by atoms with Gasteiger partial charge in [-0.15, -0.1) is 0 Å². The molecule has 0 aliphatic heterocycles. The van der Waals surface area contributed by atoms with Gasteiger partial charge in [0.25, 0.3) is 0 Å². The lowest BCUT2D eigenvalue weighted by atomic mass is 10.2. The molecule has 0 aromatic heterocycles. The highest BCUT2D eigenvalue weighted by atomic mass is 35.5. The van der Waals surface area contributed by atoms with E-state index in [2.05, 4.69) is 10.0 Å². The maximum absolute atomic E-state index is 9.22. The number of azide groups is 1. The Kier molecular flexibility index (Phi) is 4.54. The molecular weight excluding hydrogens is 214 g/mol. The van der Waals surface area contributed by atoms with Crippen molar-refractivity contribution in [2.45, 2.75) is 6.42 Å². The van der Waals surface area contributed by atoms with Gasteiger partial charge in [0.15, 0.2) is 0 Å². The van der Waals surface area contributed by atoms with E-state index in [0.717, 1.165) is 5.56 Å². The van der Waals surface area contributed by atoms with Crippen LogP contribution in [0.1, 0.15) is 12.0 Å². The Morgan fingerprint density at radius 2 is 2.33 bits per heavy atom. The normalized spacial score (nSPS) is 10.2. The van der Waals surface area contributed by atoms with Crippen LogP contribution in [0, 0.1) is 0 Å². The Balaban J connectivity index is 2.63. The number of aromatic hydroxyl groups is 1. The Labute approximate surface area is 92.4 Å². The Hall–Kier alpha value is -1.64. The number of phenolic OH excluding ortho intramolecular Hbond substituents is 1. The van der Waals surface area contributed by atoms with Gasteiger partial charge < -0.3 is 5.11 Å². The fourth-order valence-corrected chi connectivity index (χ4v) is 1.23. The zero-order valence-corrected chi connectivity index (χ0v) is 8.72. The fraction of sp³-hybridized carbons (Fsp3) is 0.200. The first kappa shape index (κ1) is 11.4. The first-order valence-electron chi connectivity index (χ1n) is 4.40. The molecule has 0 fully saturated rings. The Morgan fingerprint density at radius 3 is 3.07 bits per heavy atom. The predicted octanol–water partition coefficient (Wildman–Crippen LogP) is 3.76. The van der Waals surface area contributed by atoms with Gasteiger partial charge in [-0.25, -0.2) is 0 Å². The standard InChI is InChI=1S/C10H10ClN3O/c11-10-5-4-9(15)7-8(10)3-1-2-6-13-14-12/h1,3-5,7,15H,2,6H2. The molecule has 5 heteroatoms. The van der Waals surface area contributed by atoms with Crippen LogP contribution in [0.4, 0.5) is 0 Å². The number of hydrogen-bond donors (Lipinski definition) is 1. The molecule has 0 atom stereocenters. The van der Waals surface area contributed by atoms with Gasteiger partial charge in [0, 0.05) is 16.5 Å². The number of rotatable bonds is 4. The first-order chi connectivity index (χ1) is 7.24. The number of hydrogen-bond acceptors (Lipinski definition) is 2. The summed E-state index contributed by atoms with van der Waals surface area (Å²) in [7, 11) is 0. The van der Waals surface area contributed by atoms with Crippen molar-refractivity contribution < 1.29 is 5.11 Å². The second-order valence-corrected chi connectivity index (χ2v) is 3.26. The molecule has 0 saturated heterocycles. The third kappa shape index (κ3) is 3.94. The SMILES string of the molecule is [N-]=[N+]=NCCC=Cc1cc(O)ccc1Cl. The van der Waals surface area contributed by atoms with Gasteiger partial charge in [0.05, 0.1) is 0 Å². The van der Waals surface area contributed by atoms with Crippen LogP contribution >= 0.6 is 11.6 Å². The zero-order chi connectivity index (χ0) is 11.1. The van der Waals surface area contributed by atoms with Crippen molar-refractivity contribution in [3.05, 3.63) is 45.3 Å². The van der Waals surface area contributed by atoms with Gasteiger partial charge in [-0.05, 0) is 35.7 Å².